The van der Waals surface area contributed by atoms with Crippen LogP contribution in [0.4, 0.5) is 4.39 Å². The number of benzene rings is 1. The van der Waals surface area contributed by atoms with E-state index in [9.17, 15) is 4.39 Å². The van der Waals surface area contributed by atoms with Gasteiger partial charge in [0.1, 0.15) is 5.82 Å². The fourth-order valence-corrected chi connectivity index (χ4v) is 2.34. The Morgan fingerprint density at radius 3 is 2.82 bits per heavy atom. The smallest absolute Gasteiger partial charge is 0.123 e. The number of ether oxygens (including phenoxy) is 1. The molecule has 1 aliphatic rings. The molecule has 2 nitrogen and oxygen atoms in total. The molecular weight excluding hydrogens is 241 g/mol. The highest BCUT2D eigenvalue weighted by molar-refractivity contribution is 6.31. The first-order chi connectivity index (χ1) is 8.13. The monoisotopic (exact) mass is 257 g/mol. The third kappa shape index (κ3) is 2.97. The van der Waals surface area contributed by atoms with Crippen LogP contribution in [0, 0.1) is 11.7 Å². The molecule has 0 heterocycles. The topological polar surface area (TPSA) is 35.2 Å². The van der Waals surface area contributed by atoms with Crippen LogP contribution in [-0.2, 0) is 4.74 Å². The maximum atomic E-state index is 13.2. The molecule has 4 heteroatoms. The highest BCUT2D eigenvalue weighted by Crippen LogP contribution is 2.40. The molecule has 1 aromatic rings. The van der Waals surface area contributed by atoms with Crippen LogP contribution in [0.1, 0.15) is 31.4 Å². The minimum Gasteiger partial charge on any atom is -0.376 e. The minimum absolute atomic E-state index is 0.0562. The maximum Gasteiger partial charge on any atom is 0.123 e. The lowest BCUT2D eigenvalue weighted by Gasteiger charge is -2.24. The van der Waals surface area contributed by atoms with Crippen molar-refractivity contribution in [3.8, 4) is 0 Å². The Labute approximate surface area is 106 Å². The van der Waals surface area contributed by atoms with Crippen LogP contribution in [0.2, 0.25) is 5.02 Å². The molecular formula is C13H17ClFNO. The molecule has 1 saturated carbocycles. The molecule has 1 aromatic carbocycles. The van der Waals surface area contributed by atoms with Gasteiger partial charge < -0.3 is 10.5 Å². The van der Waals surface area contributed by atoms with Gasteiger partial charge in [-0.1, -0.05) is 11.6 Å². The van der Waals surface area contributed by atoms with Crippen molar-refractivity contribution in [2.24, 2.45) is 11.7 Å². The standard InChI is InChI=1S/C13H17ClFNO/c1-2-17-13(8-3-4-8)12(16)10-7-9(15)5-6-11(10)14/h5-8,12-13H,2-4,16H2,1H3. The van der Waals surface area contributed by atoms with Crippen molar-refractivity contribution in [2.75, 3.05) is 6.61 Å². The first-order valence-electron chi connectivity index (χ1n) is 5.95. The van der Waals surface area contributed by atoms with Gasteiger partial charge >= 0.3 is 0 Å². The summed E-state index contributed by atoms with van der Waals surface area (Å²) in [4.78, 5) is 0. The first-order valence-corrected chi connectivity index (χ1v) is 6.33. The number of hydrogen-bond acceptors (Lipinski definition) is 2. The van der Waals surface area contributed by atoms with E-state index < -0.39 is 0 Å². The predicted octanol–water partition coefficient (Wildman–Crippen LogP) is 3.29. The van der Waals surface area contributed by atoms with Gasteiger partial charge in [0.2, 0.25) is 0 Å². The van der Waals surface area contributed by atoms with Crippen molar-refractivity contribution >= 4 is 11.6 Å². The zero-order valence-electron chi connectivity index (χ0n) is 9.83. The molecule has 0 amide bonds. The van der Waals surface area contributed by atoms with Crippen LogP contribution < -0.4 is 5.73 Å². The Kier molecular flexibility index (Phi) is 4.02. The minimum atomic E-state index is -0.356. The summed E-state index contributed by atoms with van der Waals surface area (Å²) in [6.07, 6.45) is 2.20. The van der Waals surface area contributed by atoms with Crippen LogP contribution in [0.5, 0.6) is 0 Å². The number of hydrogen-bond donors (Lipinski definition) is 1. The summed E-state index contributed by atoms with van der Waals surface area (Å²) in [7, 11) is 0. The van der Waals surface area contributed by atoms with Crippen molar-refractivity contribution in [1.82, 2.24) is 0 Å². The number of halogens is 2. The Hall–Kier alpha value is -0.640. The van der Waals surface area contributed by atoms with E-state index in [0.29, 0.717) is 23.1 Å². The molecule has 0 radical (unpaired) electrons. The molecule has 0 bridgehead atoms. The summed E-state index contributed by atoms with van der Waals surface area (Å²) in [6, 6.07) is 3.93. The fourth-order valence-electron chi connectivity index (χ4n) is 2.10. The molecule has 2 N–H and O–H groups in total. The van der Waals surface area contributed by atoms with Crippen molar-refractivity contribution in [3.63, 3.8) is 0 Å². The molecule has 0 aromatic heterocycles. The molecule has 94 valence electrons. The number of nitrogens with two attached hydrogens (primary N) is 1. The Balaban J connectivity index is 2.21. The molecule has 1 aliphatic carbocycles. The van der Waals surface area contributed by atoms with E-state index >= 15 is 0 Å². The summed E-state index contributed by atoms with van der Waals surface area (Å²) in [5.74, 6) is 0.176. The van der Waals surface area contributed by atoms with Crippen LogP contribution in [0.15, 0.2) is 18.2 Å². The summed E-state index contributed by atoms with van der Waals surface area (Å²) in [6.45, 7) is 2.55. The van der Waals surface area contributed by atoms with Crippen molar-refractivity contribution < 1.29 is 9.13 Å². The lowest BCUT2D eigenvalue weighted by molar-refractivity contribution is 0.0282. The Morgan fingerprint density at radius 2 is 2.24 bits per heavy atom. The summed E-state index contributed by atoms with van der Waals surface area (Å²) >= 11 is 6.06. The second-order valence-electron chi connectivity index (χ2n) is 4.45. The van der Waals surface area contributed by atoms with Gasteiger partial charge in [-0.3, -0.25) is 0 Å². The van der Waals surface area contributed by atoms with E-state index in [1.54, 1.807) is 6.07 Å². The van der Waals surface area contributed by atoms with Gasteiger partial charge in [-0.25, -0.2) is 4.39 Å². The van der Waals surface area contributed by atoms with E-state index in [4.69, 9.17) is 22.1 Å². The van der Waals surface area contributed by atoms with Crippen LogP contribution >= 0.6 is 11.6 Å². The maximum absolute atomic E-state index is 13.2. The fraction of sp³-hybridized carbons (Fsp3) is 0.538. The molecule has 2 rings (SSSR count). The predicted molar refractivity (Wildman–Crippen MR) is 66.5 cm³/mol. The molecule has 0 saturated heterocycles. The third-order valence-corrected chi connectivity index (χ3v) is 3.46. The lowest BCUT2D eigenvalue weighted by Crippen LogP contribution is -2.31. The van der Waals surface area contributed by atoms with Crippen LogP contribution in [0.25, 0.3) is 0 Å². The van der Waals surface area contributed by atoms with E-state index in [1.807, 2.05) is 6.92 Å². The van der Waals surface area contributed by atoms with E-state index in [-0.39, 0.29) is 18.0 Å². The van der Waals surface area contributed by atoms with Crippen LogP contribution in [0.3, 0.4) is 0 Å². The molecule has 2 unspecified atom stereocenters. The quantitative estimate of drug-likeness (QED) is 0.879. The second-order valence-corrected chi connectivity index (χ2v) is 4.86. The average Bonchev–Trinajstić information content (AvgIpc) is 3.12. The number of rotatable bonds is 5. The Morgan fingerprint density at radius 1 is 1.53 bits per heavy atom. The van der Waals surface area contributed by atoms with Gasteiger partial charge in [0.25, 0.3) is 0 Å². The van der Waals surface area contributed by atoms with Crippen molar-refractivity contribution in [3.05, 3.63) is 34.6 Å². The molecule has 0 spiro atoms. The Bertz CT molecular complexity index is 395. The van der Waals surface area contributed by atoms with Gasteiger partial charge in [-0.15, -0.1) is 0 Å². The van der Waals surface area contributed by atoms with Gasteiger partial charge in [0.05, 0.1) is 12.1 Å². The lowest BCUT2D eigenvalue weighted by atomic mass is 9.98. The first kappa shape index (κ1) is 12.8. The average molecular weight is 258 g/mol. The highest BCUT2D eigenvalue weighted by atomic mass is 35.5. The summed E-state index contributed by atoms with van der Waals surface area (Å²) in [5, 5.41) is 0.504. The van der Waals surface area contributed by atoms with Gasteiger partial charge in [-0.2, -0.15) is 0 Å². The summed E-state index contributed by atoms with van der Waals surface area (Å²) in [5.41, 5.74) is 6.80. The van der Waals surface area contributed by atoms with E-state index in [0.717, 1.165) is 12.8 Å². The summed E-state index contributed by atoms with van der Waals surface area (Å²) < 4.78 is 18.9. The van der Waals surface area contributed by atoms with Crippen molar-refractivity contribution in [1.29, 1.82) is 0 Å². The largest absolute Gasteiger partial charge is 0.376 e. The molecule has 1 fully saturated rings. The molecule has 2 atom stereocenters. The van der Waals surface area contributed by atoms with Crippen molar-refractivity contribution in [2.45, 2.75) is 31.9 Å². The highest BCUT2D eigenvalue weighted by Gasteiger charge is 2.37. The van der Waals surface area contributed by atoms with Gasteiger partial charge in [0.15, 0.2) is 0 Å². The van der Waals surface area contributed by atoms with Gasteiger partial charge in [0, 0.05) is 11.6 Å². The third-order valence-electron chi connectivity index (χ3n) is 3.12. The molecule has 0 aliphatic heterocycles. The van der Waals surface area contributed by atoms with Crippen LogP contribution in [-0.4, -0.2) is 12.7 Å². The SMILES string of the molecule is CCOC(C1CC1)C(N)c1cc(F)ccc1Cl. The zero-order valence-corrected chi connectivity index (χ0v) is 10.6. The van der Waals surface area contributed by atoms with E-state index in [2.05, 4.69) is 0 Å². The normalized spacial score (nSPS) is 19.1. The van der Waals surface area contributed by atoms with E-state index in [1.165, 1.54) is 12.1 Å². The van der Waals surface area contributed by atoms with Gasteiger partial charge in [-0.05, 0) is 49.4 Å². The molecule has 17 heavy (non-hydrogen) atoms. The zero-order chi connectivity index (χ0) is 12.4. The second kappa shape index (κ2) is 5.34.